The molecule has 2 aromatic carbocycles. The Morgan fingerprint density at radius 2 is 1.80 bits per heavy atom. The van der Waals surface area contributed by atoms with Gasteiger partial charge in [-0.3, -0.25) is 9.59 Å². The number of benzene rings is 2. The van der Waals surface area contributed by atoms with Crippen LogP contribution in [0.3, 0.4) is 0 Å². The van der Waals surface area contributed by atoms with E-state index in [9.17, 15) is 22.8 Å². The number of aromatic nitrogens is 2. The summed E-state index contributed by atoms with van der Waals surface area (Å²) < 4.78 is 38.5. The fraction of sp³-hybridized carbons (Fsp3) is 0.387. The molecule has 10 heteroatoms. The number of likely N-dealkylation sites (tertiary alicyclic amines) is 1. The van der Waals surface area contributed by atoms with E-state index in [1.807, 2.05) is 29.3 Å². The van der Waals surface area contributed by atoms with Gasteiger partial charge in [0, 0.05) is 42.7 Å². The molecule has 0 unspecified atom stereocenters. The first kappa shape index (κ1) is 27.1. The summed E-state index contributed by atoms with van der Waals surface area (Å²) in [5, 5.41) is 6.65. The SMILES string of the molecule is O=C(/C=C/c1ccc(C(F)(F)F)cc1)N[C@@H]1CCCC[C@@H]1C(=O)N1CC[C@@H]2[C@H](c3ncc[nH]3)Nc3ccccc3[C@@H]21. The van der Waals surface area contributed by atoms with Crippen LogP contribution in [0, 0.1) is 11.8 Å². The summed E-state index contributed by atoms with van der Waals surface area (Å²) in [6, 6.07) is 12.3. The van der Waals surface area contributed by atoms with Crippen molar-refractivity contribution in [3.05, 3.63) is 89.5 Å². The van der Waals surface area contributed by atoms with Crippen LogP contribution >= 0.6 is 0 Å². The molecule has 0 radical (unpaired) electrons. The first-order chi connectivity index (χ1) is 19.8. The number of alkyl halides is 3. The Hall–Kier alpha value is -4.08. The van der Waals surface area contributed by atoms with Crippen LogP contribution < -0.4 is 10.6 Å². The lowest BCUT2D eigenvalue weighted by molar-refractivity contribution is -0.139. The second kappa shape index (κ2) is 11.1. The van der Waals surface area contributed by atoms with E-state index in [-0.39, 0.29) is 41.8 Å². The van der Waals surface area contributed by atoms with Gasteiger partial charge in [-0.1, -0.05) is 43.2 Å². The van der Waals surface area contributed by atoms with Crippen molar-refractivity contribution >= 4 is 23.6 Å². The number of nitrogens with zero attached hydrogens (tertiary/aromatic N) is 2. The molecule has 0 bridgehead atoms. The average Bonchev–Trinajstić information content (AvgIpc) is 3.67. The summed E-state index contributed by atoms with van der Waals surface area (Å²) in [6.07, 6.45) is 6.01. The first-order valence-electron chi connectivity index (χ1n) is 14.1. The molecule has 3 aromatic rings. The van der Waals surface area contributed by atoms with Crippen LogP contribution in [0.2, 0.25) is 0 Å². The van der Waals surface area contributed by atoms with E-state index in [1.165, 1.54) is 24.3 Å². The van der Waals surface area contributed by atoms with Crippen molar-refractivity contribution < 1.29 is 22.8 Å². The van der Waals surface area contributed by atoms with Gasteiger partial charge in [0.05, 0.1) is 23.6 Å². The Morgan fingerprint density at radius 1 is 1.02 bits per heavy atom. The molecule has 3 heterocycles. The summed E-state index contributed by atoms with van der Waals surface area (Å²) in [5.41, 5.74) is 1.85. The molecule has 2 aliphatic heterocycles. The molecule has 41 heavy (non-hydrogen) atoms. The molecule has 214 valence electrons. The second-order valence-corrected chi connectivity index (χ2v) is 11.1. The molecular weight excluding hydrogens is 531 g/mol. The molecule has 1 aromatic heterocycles. The van der Waals surface area contributed by atoms with E-state index in [0.29, 0.717) is 24.9 Å². The van der Waals surface area contributed by atoms with Crippen LogP contribution in [0.15, 0.2) is 67.0 Å². The van der Waals surface area contributed by atoms with Gasteiger partial charge in [0.25, 0.3) is 0 Å². The smallest absolute Gasteiger partial charge is 0.375 e. The van der Waals surface area contributed by atoms with Gasteiger partial charge < -0.3 is 20.5 Å². The number of H-pyrrole nitrogens is 1. The minimum atomic E-state index is -4.41. The summed E-state index contributed by atoms with van der Waals surface area (Å²) in [6.45, 7) is 0.631. The molecule has 6 rings (SSSR count). The highest BCUT2D eigenvalue weighted by molar-refractivity contribution is 5.92. The Kier molecular flexibility index (Phi) is 7.32. The van der Waals surface area contributed by atoms with Crippen LogP contribution in [0.4, 0.5) is 18.9 Å². The Balaban J connectivity index is 1.18. The number of nitrogens with one attached hydrogen (secondary N) is 3. The van der Waals surface area contributed by atoms with Gasteiger partial charge >= 0.3 is 6.18 Å². The van der Waals surface area contributed by atoms with E-state index in [4.69, 9.17) is 0 Å². The van der Waals surface area contributed by atoms with E-state index < -0.39 is 11.7 Å². The Morgan fingerprint density at radius 3 is 2.56 bits per heavy atom. The number of anilines is 1. The number of carbonyl (C=O) groups excluding carboxylic acids is 2. The summed E-state index contributed by atoms with van der Waals surface area (Å²) >= 11 is 0. The number of aromatic amines is 1. The van der Waals surface area contributed by atoms with Crippen molar-refractivity contribution in [2.24, 2.45) is 11.8 Å². The fourth-order valence-corrected chi connectivity index (χ4v) is 6.69. The predicted molar refractivity (Wildman–Crippen MR) is 148 cm³/mol. The number of hydrogen-bond donors (Lipinski definition) is 3. The van der Waals surface area contributed by atoms with Crippen molar-refractivity contribution in [3.63, 3.8) is 0 Å². The average molecular weight is 564 g/mol. The van der Waals surface area contributed by atoms with Gasteiger partial charge in [0.15, 0.2) is 0 Å². The number of imidazole rings is 1. The molecule has 1 saturated heterocycles. The van der Waals surface area contributed by atoms with E-state index in [1.54, 1.807) is 6.20 Å². The normalized spacial score (nSPS) is 25.8. The molecule has 2 fully saturated rings. The number of fused-ring (bicyclic) bond motifs is 3. The third-order valence-electron chi connectivity index (χ3n) is 8.64. The largest absolute Gasteiger partial charge is 0.416 e. The van der Waals surface area contributed by atoms with Gasteiger partial charge in [0.1, 0.15) is 5.82 Å². The third kappa shape index (κ3) is 5.47. The monoisotopic (exact) mass is 563 g/mol. The predicted octanol–water partition coefficient (Wildman–Crippen LogP) is 5.87. The molecule has 5 atom stereocenters. The van der Waals surface area contributed by atoms with Gasteiger partial charge in [-0.15, -0.1) is 0 Å². The topological polar surface area (TPSA) is 90.1 Å². The van der Waals surface area contributed by atoms with E-state index in [2.05, 4.69) is 26.7 Å². The molecule has 2 amide bonds. The molecule has 1 aliphatic carbocycles. The highest BCUT2D eigenvalue weighted by atomic mass is 19.4. The van der Waals surface area contributed by atoms with Crippen LogP contribution in [0.25, 0.3) is 6.08 Å². The number of para-hydroxylation sites is 1. The summed E-state index contributed by atoms with van der Waals surface area (Å²) in [4.78, 5) is 36.8. The van der Waals surface area contributed by atoms with Crippen LogP contribution in [0.5, 0.6) is 0 Å². The summed E-state index contributed by atoms with van der Waals surface area (Å²) in [7, 11) is 0. The lowest BCUT2D eigenvalue weighted by Crippen LogP contribution is -2.49. The van der Waals surface area contributed by atoms with E-state index in [0.717, 1.165) is 48.5 Å². The highest BCUT2D eigenvalue weighted by Gasteiger charge is 2.49. The lowest BCUT2D eigenvalue weighted by atomic mass is 9.80. The number of carbonyl (C=O) groups is 2. The van der Waals surface area contributed by atoms with Crippen LogP contribution in [-0.4, -0.2) is 39.3 Å². The van der Waals surface area contributed by atoms with Gasteiger partial charge in [-0.05, 0) is 54.7 Å². The van der Waals surface area contributed by atoms with Crippen molar-refractivity contribution in [3.8, 4) is 0 Å². The van der Waals surface area contributed by atoms with Crippen LogP contribution in [-0.2, 0) is 15.8 Å². The first-order valence-corrected chi connectivity index (χ1v) is 14.1. The third-order valence-corrected chi connectivity index (χ3v) is 8.64. The van der Waals surface area contributed by atoms with Gasteiger partial charge in [-0.25, -0.2) is 4.98 Å². The van der Waals surface area contributed by atoms with E-state index >= 15 is 0 Å². The minimum Gasteiger partial charge on any atom is -0.375 e. The molecule has 3 N–H and O–H groups in total. The van der Waals surface area contributed by atoms with Crippen molar-refractivity contribution in [1.29, 1.82) is 0 Å². The minimum absolute atomic E-state index is 0.0418. The maximum Gasteiger partial charge on any atom is 0.416 e. The molecule has 3 aliphatic rings. The number of rotatable bonds is 5. The van der Waals surface area contributed by atoms with Crippen molar-refractivity contribution in [1.82, 2.24) is 20.2 Å². The molecule has 1 saturated carbocycles. The maximum atomic E-state index is 14.2. The Bertz CT molecular complexity index is 1420. The summed E-state index contributed by atoms with van der Waals surface area (Å²) in [5.74, 6) is 0.368. The molecular formula is C31H32F3N5O2. The number of hydrogen-bond acceptors (Lipinski definition) is 4. The molecule has 7 nitrogen and oxygen atoms in total. The number of halogens is 3. The zero-order valence-corrected chi connectivity index (χ0v) is 22.4. The second-order valence-electron chi connectivity index (χ2n) is 11.1. The van der Waals surface area contributed by atoms with Gasteiger partial charge in [-0.2, -0.15) is 13.2 Å². The zero-order valence-electron chi connectivity index (χ0n) is 22.4. The molecule has 0 spiro atoms. The maximum absolute atomic E-state index is 14.2. The van der Waals surface area contributed by atoms with Crippen molar-refractivity contribution in [2.75, 3.05) is 11.9 Å². The standard InChI is InChI=1S/C31H32F3N5O2/c32-31(33,34)20-12-9-19(10-13-20)11-14-26(40)37-25-8-4-2-6-22(25)30(41)39-18-15-23-27(29-35-16-17-36-29)38-24-7-3-1-5-21(24)28(23)39/h1,3,5,7,9-14,16-17,22-23,25,27-28,38H,2,4,6,8,15,18H2,(H,35,36)(H,37,40)/b14-11+/t22-,23+,25+,27+,28-/m0/s1. The van der Waals surface area contributed by atoms with Crippen LogP contribution in [0.1, 0.15) is 66.7 Å². The Labute approximate surface area is 236 Å². The quantitative estimate of drug-likeness (QED) is 0.339. The van der Waals surface area contributed by atoms with Crippen molar-refractivity contribution in [2.45, 2.75) is 56.4 Å². The lowest BCUT2D eigenvalue weighted by Gasteiger charge is -2.41. The number of amides is 2. The van der Waals surface area contributed by atoms with Gasteiger partial charge in [0.2, 0.25) is 11.8 Å². The highest BCUT2D eigenvalue weighted by Crippen LogP contribution is 2.51. The zero-order chi connectivity index (χ0) is 28.6. The fourth-order valence-electron chi connectivity index (χ4n) is 6.69.